The molecular formula is C68H62N4Si. The highest BCUT2D eigenvalue weighted by Crippen LogP contribution is 2.45. The highest BCUT2D eigenvalue weighted by atomic mass is 28.2. The van der Waals surface area contributed by atoms with Crippen molar-refractivity contribution in [2.24, 2.45) is 0 Å². The Morgan fingerprint density at radius 1 is 0.288 bits per heavy atom. The molecule has 0 spiro atoms. The van der Waals surface area contributed by atoms with E-state index in [2.05, 4.69) is 280 Å². The molecule has 1 aliphatic carbocycles. The van der Waals surface area contributed by atoms with Crippen LogP contribution < -0.4 is 30.8 Å². The highest BCUT2D eigenvalue weighted by Gasteiger charge is 2.24. The fourth-order valence-corrected chi connectivity index (χ4v) is 12.6. The maximum absolute atomic E-state index is 3.53. The fraction of sp³-hybridized carbons (Fsp3) is 0.118. The summed E-state index contributed by atoms with van der Waals surface area (Å²) in [4.78, 5) is 4.70. The predicted molar refractivity (Wildman–Crippen MR) is 315 cm³/mol. The van der Waals surface area contributed by atoms with E-state index in [4.69, 9.17) is 0 Å². The zero-order valence-corrected chi connectivity index (χ0v) is 44.2. The molecule has 0 atom stereocenters. The Bertz CT molecular complexity index is 3260. The summed E-state index contributed by atoms with van der Waals surface area (Å²) >= 11 is 0. The molecule has 5 heteroatoms. The summed E-state index contributed by atoms with van der Waals surface area (Å²) in [5, 5.41) is 10.1. The van der Waals surface area contributed by atoms with E-state index in [0.717, 1.165) is 35.6 Å². The van der Waals surface area contributed by atoms with E-state index in [0.29, 0.717) is 0 Å². The molecule has 0 bridgehead atoms. The third-order valence-corrected chi connectivity index (χ3v) is 16.3. The van der Waals surface area contributed by atoms with Crippen molar-refractivity contribution < 1.29 is 0 Å². The topological polar surface area (TPSA) is 30.5 Å². The van der Waals surface area contributed by atoms with Gasteiger partial charge >= 0.3 is 0 Å². The van der Waals surface area contributed by atoms with Gasteiger partial charge in [-0.25, -0.2) is 0 Å². The first-order chi connectivity index (χ1) is 35.6. The van der Waals surface area contributed by atoms with Crippen LogP contribution in [0.2, 0.25) is 0 Å². The molecule has 358 valence electrons. The minimum Gasteiger partial charge on any atom is -0.356 e. The molecule has 73 heavy (non-hydrogen) atoms. The number of fused-ring (bicyclic) bond motifs is 7. The molecule has 4 nitrogen and oxygen atoms in total. The van der Waals surface area contributed by atoms with Gasteiger partial charge in [0.25, 0.3) is 0 Å². The number of nitrogens with zero attached hydrogens (tertiary/aromatic N) is 2. The van der Waals surface area contributed by atoms with E-state index in [1.165, 1.54) is 111 Å². The Kier molecular flexibility index (Phi) is 13.1. The van der Waals surface area contributed by atoms with Crippen molar-refractivity contribution in [2.45, 2.75) is 54.4 Å². The fourth-order valence-electron chi connectivity index (χ4n) is 10.6. The van der Waals surface area contributed by atoms with Crippen LogP contribution in [-0.4, -0.2) is 9.52 Å². The summed E-state index contributed by atoms with van der Waals surface area (Å²) in [6.45, 7) is 12.9. The van der Waals surface area contributed by atoms with Crippen molar-refractivity contribution in [3.8, 4) is 11.1 Å². The van der Waals surface area contributed by atoms with Crippen LogP contribution in [0.3, 0.4) is 0 Å². The Morgan fingerprint density at radius 3 is 1.04 bits per heavy atom. The number of rotatable bonds is 6. The van der Waals surface area contributed by atoms with Gasteiger partial charge in [0, 0.05) is 63.3 Å². The first-order valence-corrected chi connectivity index (χ1v) is 27.0. The quantitative estimate of drug-likeness (QED) is 0.163. The average molecular weight is 963 g/mol. The lowest BCUT2D eigenvalue weighted by Gasteiger charge is -2.26. The van der Waals surface area contributed by atoms with Crippen LogP contribution in [0.25, 0.3) is 11.1 Å². The summed E-state index contributed by atoms with van der Waals surface area (Å²) in [5.74, 6) is 0. The second kappa shape index (κ2) is 20.4. The van der Waals surface area contributed by atoms with Gasteiger partial charge in [0.15, 0.2) is 0 Å². The monoisotopic (exact) mass is 962 g/mol. The number of hydrogen-bond acceptors (Lipinski definition) is 4. The van der Waals surface area contributed by atoms with Gasteiger partial charge in [-0.1, -0.05) is 155 Å². The number of nitrogens with one attached hydrogen (secondary N) is 2. The minimum absolute atomic E-state index is 0.300. The van der Waals surface area contributed by atoms with E-state index in [1.807, 2.05) is 0 Å². The third kappa shape index (κ3) is 10.2. The van der Waals surface area contributed by atoms with Crippen molar-refractivity contribution >= 4 is 76.8 Å². The van der Waals surface area contributed by atoms with Gasteiger partial charge in [-0.05, 0) is 189 Å². The molecule has 0 radical (unpaired) electrons. The molecule has 0 fully saturated rings. The van der Waals surface area contributed by atoms with Gasteiger partial charge < -0.3 is 20.4 Å². The van der Waals surface area contributed by atoms with Crippen molar-refractivity contribution in [1.82, 2.24) is 0 Å². The Balaban J connectivity index is 0.000000145. The zero-order valence-electron chi connectivity index (χ0n) is 42.8. The Morgan fingerprint density at radius 2 is 0.616 bits per heavy atom. The molecule has 13 rings (SSSR count). The van der Waals surface area contributed by atoms with Crippen LogP contribution in [0.4, 0.5) is 56.9 Å². The standard InChI is InChI=1S/C39H32N2.C15H15N.C14H15NSi/c1-28-13-17-34(18-14-28)40(32-9-5-3-6-10-32)36-21-23-38-30(26-36)25-31-27-37(22-24-39(31)38)41(33-11-7-4-8-12-33)35-19-15-29(2)16-20-35;1-10-3-5-14-12(7-10)9-13-8-11(2)4-6-15(13)16-14;1-9-3-5-11-13(7-9)16-14-8-10(2)4-6-12(14)15-11/h3-24,26-27H,25H2,1-2H3;3-8,16H,9H2,1-2H3;3-8,15H,16H2,1-2H3. The first-order valence-electron chi connectivity index (χ1n) is 25.6. The van der Waals surface area contributed by atoms with Crippen LogP contribution in [0.1, 0.15) is 55.6 Å². The lowest BCUT2D eigenvalue weighted by molar-refractivity contribution is 1.14. The van der Waals surface area contributed by atoms with Gasteiger partial charge in [0.05, 0.1) is 9.52 Å². The predicted octanol–water partition coefficient (Wildman–Crippen LogP) is 16.2. The Labute approximate surface area is 434 Å². The van der Waals surface area contributed by atoms with Crippen LogP contribution >= 0.6 is 0 Å². The maximum Gasteiger partial charge on any atom is 0.0929 e. The van der Waals surface area contributed by atoms with Gasteiger partial charge in [-0.3, -0.25) is 0 Å². The molecule has 0 amide bonds. The highest BCUT2D eigenvalue weighted by molar-refractivity contribution is 6.71. The van der Waals surface area contributed by atoms with Crippen molar-refractivity contribution in [3.63, 3.8) is 0 Å². The number of benzene rings is 10. The average Bonchev–Trinajstić information content (AvgIpc) is 3.77. The van der Waals surface area contributed by atoms with Crippen LogP contribution in [-0.2, 0) is 12.8 Å². The molecule has 0 unspecified atom stereocenters. The second-order valence-corrected chi connectivity index (χ2v) is 22.0. The first kappa shape index (κ1) is 47.0. The number of aryl methyl sites for hydroxylation is 6. The van der Waals surface area contributed by atoms with Crippen LogP contribution in [0, 0.1) is 41.5 Å². The summed E-state index contributed by atoms with van der Waals surface area (Å²) in [7, 11) is -0.300. The second-order valence-electron chi connectivity index (χ2n) is 20.1. The molecule has 2 N–H and O–H groups in total. The number of anilines is 10. The molecule has 2 aliphatic heterocycles. The van der Waals surface area contributed by atoms with Gasteiger partial charge in [-0.2, -0.15) is 0 Å². The van der Waals surface area contributed by atoms with Gasteiger partial charge in [0.2, 0.25) is 0 Å². The number of para-hydroxylation sites is 2. The van der Waals surface area contributed by atoms with Gasteiger partial charge in [-0.15, -0.1) is 0 Å². The minimum atomic E-state index is -0.300. The summed E-state index contributed by atoms with van der Waals surface area (Å²) in [6, 6.07) is 79.4. The normalized spacial score (nSPS) is 12.0. The smallest absolute Gasteiger partial charge is 0.0929 e. The summed E-state index contributed by atoms with van der Waals surface area (Å²) in [5.41, 5.74) is 28.2. The molecule has 3 aliphatic rings. The molecule has 10 aromatic carbocycles. The largest absolute Gasteiger partial charge is 0.356 e. The van der Waals surface area contributed by atoms with E-state index >= 15 is 0 Å². The maximum atomic E-state index is 3.53. The summed E-state index contributed by atoms with van der Waals surface area (Å²) < 4.78 is 0. The van der Waals surface area contributed by atoms with Crippen molar-refractivity contribution in [3.05, 3.63) is 274 Å². The lowest BCUT2D eigenvalue weighted by Crippen LogP contribution is -2.35. The molecule has 10 aromatic rings. The van der Waals surface area contributed by atoms with E-state index in [1.54, 1.807) is 0 Å². The molecule has 2 heterocycles. The molecule has 0 saturated carbocycles. The van der Waals surface area contributed by atoms with E-state index < -0.39 is 0 Å². The SMILES string of the molecule is Cc1ccc(N(c2ccccc2)c2ccc3c(c2)Cc2cc(N(c4ccccc4)c4ccc(C)cc4)ccc2-3)cc1.Cc1ccc2c(c1)Cc1cc(C)ccc1N2.Cc1ccc2c(c1)[SiH2]c1cc(C)ccc1N2. The van der Waals surface area contributed by atoms with Crippen LogP contribution in [0.15, 0.2) is 218 Å². The van der Waals surface area contributed by atoms with Crippen molar-refractivity contribution in [2.75, 3.05) is 20.4 Å². The zero-order chi connectivity index (χ0) is 50.0. The van der Waals surface area contributed by atoms with E-state index in [9.17, 15) is 0 Å². The molecule has 0 saturated heterocycles. The number of hydrogen-bond donors (Lipinski definition) is 2. The summed E-state index contributed by atoms with van der Waals surface area (Å²) in [6.07, 6.45) is 1.96. The van der Waals surface area contributed by atoms with Crippen molar-refractivity contribution in [1.29, 1.82) is 0 Å². The van der Waals surface area contributed by atoms with Gasteiger partial charge in [0.1, 0.15) is 0 Å². The van der Waals surface area contributed by atoms with E-state index in [-0.39, 0.29) is 9.52 Å². The molecule has 0 aromatic heterocycles. The van der Waals surface area contributed by atoms with Crippen LogP contribution in [0.5, 0.6) is 0 Å². The molecular weight excluding hydrogens is 901 g/mol. The third-order valence-electron chi connectivity index (χ3n) is 14.3. The lowest BCUT2D eigenvalue weighted by atomic mass is 9.95. The Hall–Kier alpha value is -8.38.